The number of ether oxygens (including phenoxy) is 1. The van der Waals surface area contributed by atoms with Crippen molar-refractivity contribution in [3.05, 3.63) is 63.4 Å². The van der Waals surface area contributed by atoms with Crippen LogP contribution in [0, 0.1) is 5.82 Å². The van der Waals surface area contributed by atoms with E-state index in [0.717, 1.165) is 0 Å². The molecular weight excluding hydrogens is 328 g/mol. The molecule has 2 aromatic carbocycles. The minimum atomic E-state index is -0.484. The standard InChI is InChI=1S/C16H14Cl2FNO2/c1-9(10-3-6-15(22-2)14(19)7-10)20-16(21)12-8-11(17)4-5-13(12)18/h3-9H,1-2H3,(H,20,21). The lowest BCUT2D eigenvalue weighted by molar-refractivity contribution is 0.0940. The summed E-state index contributed by atoms with van der Waals surface area (Å²) < 4.78 is 18.6. The van der Waals surface area contributed by atoms with Gasteiger partial charge in [0.2, 0.25) is 0 Å². The quantitative estimate of drug-likeness (QED) is 0.880. The summed E-state index contributed by atoms with van der Waals surface area (Å²) in [4.78, 5) is 12.2. The summed E-state index contributed by atoms with van der Waals surface area (Å²) in [6.45, 7) is 1.75. The molecule has 22 heavy (non-hydrogen) atoms. The topological polar surface area (TPSA) is 38.3 Å². The fraction of sp³-hybridized carbons (Fsp3) is 0.188. The van der Waals surface area contributed by atoms with Crippen LogP contribution in [-0.4, -0.2) is 13.0 Å². The molecule has 6 heteroatoms. The van der Waals surface area contributed by atoms with Crippen LogP contribution in [0.2, 0.25) is 10.0 Å². The Kier molecular flexibility index (Phi) is 5.27. The summed E-state index contributed by atoms with van der Waals surface area (Å²) in [6.07, 6.45) is 0. The minimum Gasteiger partial charge on any atom is -0.494 e. The largest absolute Gasteiger partial charge is 0.494 e. The molecule has 0 bridgehead atoms. The predicted molar refractivity (Wildman–Crippen MR) is 85.3 cm³/mol. The average molecular weight is 342 g/mol. The Labute approximate surface area is 138 Å². The minimum absolute atomic E-state index is 0.153. The van der Waals surface area contributed by atoms with E-state index >= 15 is 0 Å². The molecule has 116 valence electrons. The molecule has 1 atom stereocenters. The molecule has 1 unspecified atom stereocenters. The van der Waals surface area contributed by atoms with E-state index < -0.39 is 11.9 Å². The summed E-state index contributed by atoms with van der Waals surface area (Å²) in [5.74, 6) is -0.710. The SMILES string of the molecule is COc1ccc(C(C)NC(=O)c2cc(Cl)ccc2Cl)cc1F. The lowest BCUT2D eigenvalue weighted by Gasteiger charge is -2.16. The third kappa shape index (κ3) is 3.70. The van der Waals surface area contributed by atoms with Crippen LogP contribution in [-0.2, 0) is 0 Å². The number of carbonyl (C=O) groups is 1. The highest BCUT2D eigenvalue weighted by Crippen LogP contribution is 2.24. The number of hydrogen-bond acceptors (Lipinski definition) is 2. The second kappa shape index (κ2) is 6.99. The van der Waals surface area contributed by atoms with E-state index in [4.69, 9.17) is 27.9 Å². The summed E-state index contributed by atoms with van der Waals surface area (Å²) in [5.41, 5.74) is 0.889. The van der Waals surface area contributed by atoms with Gasteiger partial charge in [0.1, 0.15) is 0 Å². The van der Waals surface area contributed by atoms with Crippen molar-refractivity contribution in [2.45, 2.75) is 13.0 Å². The van der Waals surface area contributed by atoms with Gasteiger partial charge >= 0.3 is 0 Å². The van der Waals surface area contributed by atoms with Gasteiger partial charge in [-0.3, -0.25) is 4.79 Å². The first-order valence-corrected chi connectivity index (χ1v) is 7.27. The first kappa shape index (κ1) is 16.6. The Morgan fingerprint density at radius 2 is 1.95 bits per heavy atom. The second-order valence-electron chi connectivity index (χ2n) is 4.71. The number of methoxy groups -OCH3 is 1. The zero-order valence-corrected chi connectivity index (χ0v) is 13.5. The van der Waals surface area contributed by atoms with Crippen LogP contribution in [0.3, 0.4) is 0 Å². The number of hydrogen-bond donors (Lipinski definition) is 1. The maximum absolute atomic E-state index is 13.7. The van der Waals surface area contributed by atoms with Gasteiger partial charge in [0.25, 0.3) is 5.91 Å². The van der Waals surface area contributed by atoms with Gasteiger partial charge in [-0.25, -0.2) is 4.39 Å². The molecule has 3 nitrogen and oxygen atoms in total. The van der Waals surface area contributed by atoms with Crippen LogP contribution in [0.4, 0.5) is 4.39 Å². The summed E-state index contributed by atoms with van der Waals surface area (Å²) in [5, 5.41) is 3.47. The monoisotopic (exact) mass is 341 g/mol. The summed E-state index contributed by atoms with van der Waals surface area (Å²) in [7, 11) is 1.39. The molecule has 0 fully saturated rings. The van der Waals surface area contributed by atoms with Crippen molar-refractivity contribution in [3.8, 4) is 5.75 Å². The van der Waals surface area contributed by atoms with E-state index in [0.29, 0.717) is 15.6 Å². The van der Waals surface area contributed by atoms with E-state index in [2.05, 4.69) is 5.32 Å². The van der Waals surface area contributed by atoms with Crippen LogP contribution in [0.25, 0.3) is 0 Å². The van der Waals surface area contributed by atoms with Gasteiger partial charge in [-0.2, -0.15) is 0 Å². The molecule has 0 aliphatic heterocycles. The third-order valence-electron chi connectivity index (χ3n) is 3.20. The number of amides is 1. The molecule has 0 aliphatic carbocycles. The summed E-state index contributed by atoms with van der Waals surface area (Å²) in [6, 6.07) is 8.76. The number of halogens is 3. The zero-order valence-electron chi connectivity index (χ0n) is 12.0. The Bertz CT molecular complexity index is 707. The van der Waals surface area contributed by atoms with E-state index in [1.165, 1.54) is 25.3 Å². The zero-order chi connectivity index (χ0) is 16.3. The molecule has 1 N–H and O–H groups in total. The molecule has 0 aromatic heterocycles. The Hall–Kier alpha value is -1.78. The van der Waals surface area contributed by atoms with Crippen molar-refractivity contribution in [3.63, 3.8) is 0 Å². The number of rotatable bonds is 4. The maximum Gasteiger partial charge on any atom is 0.253 e. The van der Waals surface area contributed by atoms with E-state index in [1.54, 1.807) is 25.1 Å². The van der Waals surface area contributed by atoms with Crippen molar-refractivity contribution < 1.29 is 13.9 Å². The molecule has 0 heterocycles. The fourth-order valence-electron chi connectivity index (χ4n) is 1.98. The van der Waals surface area contributed by atoms with Crippen molar-refractivity contribution in [1.82, 2.24) is 5.32 Å². The highest BCUT2D eigenvalue weighted by atomic mass is 35.5. The van der Waals surface area contributed by atoms with E-state index in [1.807, 2.05) is 0 Å². The van der Waals surface area contributed by atoms with Crippen LogP contribution in [0.1, 0.15) is 28.9 Å². The van der Waals surface area contributed by atoms with Gasteiger partial charge in [-0.15, -0.1) is 0 Å². The molecule has 0 saturated carbocycles. The highest BCUT2D eigenvalue weighted by Gasteiger charge is 2.16. The number of carbonyl (C=O) groups excluding carboxylic acids is 1. The van der Waals surface area contributed by atoms with Crippen LogP contribution >= 0.6 is 23.2 Å². The molecule has 0 saturated heterocycles. The average Bonchev–Trinajstić information content (AvgIpc) is 2.49. The number of benzene rings is 2. The van der Waals surface area contributed by atoms with Crippen LogP contribution in [0.5, 0.6) is 5.75 Å². The molecule has 2 rings (SSSR count). The van der Waals surface area contributed by atoms with Gasteiger partial charge in [0.05, 0.1) is 23.7 Å². The molecular formula is C16H14Cl2FNO2. The van der Waals surface area contributed by atoms with Gasteiger partial charge in [-0.05, 0) is 42.8 Å². The van der Waals surface area contributed by atoms with Crippen molar-refractivity contribution in [2.75, 3.05) is 7.11 Å². The van der Waals surface area contributed by atoms with Crippen LogP contribution < -0.4 is 10.1 Å². The molecule has 1 amide bonds. The molecule has 2 aromatic rings. The van der Waals surface area contributed by atoms with Gasteiger partial charge in [0, 0.05) is 5.02 Å². The molecule has 0 spiro atoms. The Morgan fingerprint density at radius 3 is 2.59 bits per heavy atom. The Morgan fingerprint density at radius 1 is 1.23 bits per heavy atom. The third-order valence-corrected chi connectivity index (χ3v) is 3.76. The van der Waals surface area contributed by atoms with Gasteiger partial charge in [-0.1, -0.05) is 29.3 Å². The predicted octanol–water partition coefficient (Wildman–Crippen LogP) is 4.63. The van der Waals surface area contributed by atoms with E-state index in [-0.39, 0.29) is 17.2 Å². The lowest BCUT2D eigenvalue weighted by Crippen LogP contribution is -2.27. The lowest BCUT2D eigenvalue weighted by atomic mass is 10.1. The maximum atomic E-state index is 13.7. The van der Waals surface area contributed by atoms with Gasteiger partial charge in [0.15, 0.2) is 11.6 Å². The number of nitrogens with one attached hydrogen (secondary N) is 1. The smallest absolute Gasteiger partial charge is 0.253 e. The molecule has 0 radical (unpaired) electrons. The van der Waals surface area contributed by atoms with E-state index in [9.17, 15) is 9.18 Å². The van der Waals surface area contributed by atoms with Crippen molar-refractivity contribution >= 4 is 29.1 Å². The second-order valence-corrected chi connectivity index (χ2v) is 5.56. The van der Waals surface area contributed by atoms with Crippen molar-refractivity contribution in [1.29, 1.82) is 0 Å². The fourth-order valence-corrected chi connectivity index (χ4v) is 2.36. The molecule has 0 aliphatic rings. The highest BCUT2D eigenvalue weighted by molar-refractivity contribution is 6.35. The van der Waals surface area contributed by atoms with Gasteiger partial charge < -0.3 is 10.1 Å². The summed E-state index contributed by atoms with van der Waals surface area (Å²) >= 11 is 11.9. The van der Waals surface area contributed by atoms with Crippen LogP contribution in [0.15, 0.2) is 36.4 Å². The van der Waals surface area contributed by atoms with Crippen molar-refractivity contribution in [2.24, 2.45) is 0 Å². The normalized spacial score (nSPS) is 11.9. The Balaban J connectivity index is 2.17. The first-order valence-electron chi connectivity index (χ1n) is 6.51. The first-order chi connectivity index (χ1) is 10.4.